The van der Waals surface area contributed by atoms with Gasteiger partial charge >= 0.3 is 6.09 Å². The van der Waals surface area contributed by atoms with Crippen LogP contribution in [0.2, 0.25) is 0 Å². The lowest BCUT2D eigenvalue weighted by atomic mass is 10.1. The fraction of sp³-hybridized carbons (Fsp3) is 0.706. The molecule has 7 heteroatoms. The van der Waals surface area contributed by atoms with Crippen molar-refractivity contribution in [1.82, 2.24) is 14.7 Å². The Balaban J connectivity index is 2.54. The molecule has 136 valence electrons. The standard InChI is InChI=1S/C17H29N3O4/c1-7-14(21)18(8-2)12-15(22)19-10-13(11-19)20(9-3)16(23)24-17(4,5)6/h7,13H,1,8-12H2,2-6H3. The molecule has 1 saturated heterocycles. The molecule has 1 fully saturated rings. The average Bonchev–Trinajstić information content (AvgIpc) is 2.44. The Morgan fingerprint density at radius 2 is 1.79 bits per heavy atom. The number of nitrogens with zero attached hydrogens (tertiary/aromatic N) is 3. The molecule has 0 aromatic carbocycles. The lowest BCUT2D eigenvalue weighted by Gasteiger charge is -2.45. The van der Waals surface area contributed by atoms with Crippen molar-refractivity contribution in [2.45, 2.75) is 46.3 Å². The monoisotopic (exact) mass is 339 g/mol. The molecule has 1 aliphatic rings. The summed E-state index contributed by atoms with van der Waals surface area (Å²) >= 11 is 0. The molecule has 0 N–H and O–H groups in total. The molecule has 0 bridgehead atoms. The van der Waals surface area contributed by atoms with Crippen LogP contribution in [0.15, 0.2) is 12.7 Å². The summed E-state index contributed by atoms with van der Waals surface area (Å²) in [7, 11) is 0. The number of rotatable bonds is 6. The number of amides is 3. The first-order valence-corrected chi connectivity index (χ1v) is 8.31. The van der Waals surface area contributed by atoms with Gasteiger partial charge in [0.05, 0.1) is 12.6 Å². The number of likely N-dealkylation sites (N-methyl/N-ethyl adjacent to an activating group) is 2. The fourth-order valence-electron chi connectivity index (χ4n) is 2.45. The molecule has 0 aliphatic carbocycles. The summed E-state index contributed by atoms with van der Waals surface area (Å²) in [5.41, 5.74) is -0.545. The zero-order chi connectivity index (χ0) is 18.5. The first-order valence-electron chi connectivity index (χ1n) is 8.31. The van der Waals surface area contributed by atoms with Gasteiger partial charge in [-0.25, -0.2) is 4.79 Å². The third-order valence-corrected chi connectivity index (χ3v) is 3.82. The van der Waals surface area contributed by atoms with E-state index >= 15 is 0 Å². The van der Waals surface area contributed by atoms with E-state index in [1.807, 2.05) is 34.6 Å². The molecular weight excluding hydrogens is 310 g/mol. The molecule has 24 heavy (non-hydrogen) atoms. The van der Waals surface area contributed by atoms with Crippen molar-refractivity contribution in [3.8, 4) is 0 Å². The van der Waals surface area contributed by atoms with Gasteiger partial charge in [-0.15, -0.1) is 0 Å². The van der Waals surface area contributed by atoms with Crippen LogP contribution in [0.25, 0.3) is 0 Å². The second-order valence-electron chi connectivity index (χ2n) is 6.78. The lowest BCUT2D eigenvalue weighted by molar-refractivity contribution is -0.143. The quantitative estimate of drug-likeness (QED) is 0.688. The smallest absolute Gasteiger partial charge is 0.410 e. The van der Waals surface area contributed by atoms with Gasteiger partial charge in [-0.3, -0.25) is 9.59 Å². The summed E-state index contributed by atoms with van der Waals surface area (Å²) in [4.78, 5) is 40.8. The Hall–Kier alpha value is -2.05. The zero-order valence-electron chi connectivity index (χ0n) is 15.4. The summed E-state index contributed by atoms with van der Waals surface area (Å²) in [5.74, 6) is -0.379. The van der Waals surface area contributed by atoms with Gasteiger partial charge in [-0.1, -0.05) is 6.58 Å². The van der Waals surface area contributed by atoms with E-state index in [4.69, 9.17) is 4.74 Å². The van der Waals surface area contributed by atoms with E-state index in [1.54, 1.807) is 9.80 Å². The summed E-state index contributed by atoms with van der Waals surface area (Å²) in [6, 6.07) is -0.0426. The van der Waals surface area contributed by atoms with Crippen LogP contribution in [0.1, 0.15) is 34.6 Å². The van der Waals surface area contributed by atoms with Crippen molar-refractivity contribution in [2.24, 2.45) is 0 Å². The van der Waals surface area contributed by atoms with Crippen molar-refractivity contribution in [2.75, 3.05) is 32.7 Å². The predicted octanol–water partition coefficient (Wildman–Crippen LogP) is 1.49. The molecular formula is C17H29N3O4. The SMILES string of the molecule is C=CC(=O)N(CC)CC(=O)N1CC(N(CC)C(=O)OC(C)(C)C)C1. The van der Waals surface area contributed by atoms with Gasteiger partial charge in [0.25, 0.3) is 0 Å². The van der Waals surface area contributed by atoms with Crippen molar-refractivity contribution in [3.05, 3.63) is 12.7 Å². The van der Waals surface area contributed by atoms with E-state index in [0.717, 1.165) is 0 Å². The molecule has 0 aromatic heterocycles. The molecule has 0 spiro atoms. The molecule has 0 aromatic rings. The molecule has 7 nitrogen and oxygen atoms in total. The van der Waals surface area contributed by atoms with Crippen molar-refractivity contribution < 1.29 is 19.1 Å². The van der Waals surface area contributed by atoms with E-state index in [0.29, 0.717) is 26.2 Å². The number of carbonyl (C=O) groups is 3. The molecule has 1 rings (SSSR count). The normalized spacial score (nSPS) is 14.6. The van der Waals surface area contributed by atoms with Crippen molar-refractivity contribution in [3.63, 3.8) is 0 Å². The zero-order valence-corrected chi connectivity index (χ0v) is 15.4. The van der Waals surface area contributed by atoms with Gasteiger partial charge in [0.1, 0.15) is 5.60 Å². The Morgan fingerprint density at radius 1 is 1.21 bits per heavy atom. The second kappa shape index (κ2) is 8.17. The summed E-state index contributed by atoms with van der Waals surface area (Å²) in [5, 5.41) is 0. The van der Waals surface area contributed by atoms with Crippen LogP contribution in [-0.4, -0.2) is 77.0 Å². The third kappa shape index (κ3) is 5.25. The van der Waals surface area contributed by atoms with Crippen LogP contribution >= 0.6 is 0 Å². The van der Waals surface area contributed by atoms with Gasteiger partial charge < -0.3 is 19.4 Å². The number of ether oxygens (including phenoxy) is 1. The van der Waals surface area contributed by atoms with E-state index < -0.39 is 5.60 Å². The molecule has 1 aliphatic heterocycles. The highest BCUT2D eigenvalue weighted by molar-refractivity contribution is 5.91. The Kier molecular flexibility index (Phi) is 6.81. The Labute approximate surface area is 144 Å². The maximum Gasteiger partial charge on any atom is 0.410 e. The number of hydrogen-bond acceptors (Lipinski definition) is 4. The molecule has 0 unspecified atom stereocenters. The maximum absolute atomic E-state index is 12.2. The summed E-state index contributed by atoms with van der Waals surface area (Å²) in [6.07, 6.45) is 0.843. The van der Waals surface area contributed by atoms with E-state index in [2.05, 4.69) is 6.58 Å². The van der Waals surface area contributed by atoms with Crippen LogP contribution in [0.4, 0.5) is 4.79 Å². The highest BCUT2D eigenvalue weighted by atomic mass is 16.6. The van der Waals surface area contributed by atoms with Crippen LogP contribution in [-0.2, 0) is 14.3 Å². The van der Waals surface area contributed by atoms with E-state index in [1.165, 1.54) is 11.0 Å². The average molecular weight is 339 g/mol. The molecule has 3 amide bonds. The van der Waals surface area contributed by atoms with Crippen LogP contribution in [0, 0.1) is 0 Å². The third-order valence-electron chi connectivity index (χ3n) is 3.82. The van der Waals surface area contributed by atoms with Crippen molar-refractivity contribution >= 4 is 17.9 Å². The molecule has 1 heterocycles. The second-order valence-corrected chi connectivity index (χ2v) is 6.78. The topological polar surface area (TPSA) is 70.2 Å². The minimum Gasteiger partial charge on any atom is -0.444 e. The number of hydrogen-bond donors (Lipinski definition) is 0. The van der Waals surface area contributed by atoms with Gasteiger partial charge in [-0.2, -0.15) is 0 Å². The number of likely N-dealkylation sites (tertiary alicyclic amines) is 1. The first-order chi connectivity index (χ1) is 11.1. The van der Waals surface area contributed by atoms with Crippen LogP contribution in [0.5, 0.6) is 0 Å². The highest BCUT2D eigenvalue weighted by Crippen LogP contribution is 2.19. The van der Waals surface area contributed by atoms with Crippen molar-refractivity contribution in [1.29, 1.82) is 0 Å². The van der Waals surface area contributed by atoms with Gasteiger partial charge in [0, 0.05) is 26.2 Å². The predicted molar refractivity (Wildman–Crippen MR) is 91.4 cm³/mol. The van der Waals surface area contributed by atoms with Crippen LogP contribution in [0.3, 0.4) is 0 Å². The summed E-state index contributed by atoms with van der Waals surface area (Å²) < 4.78 is 5.39. The fourth-order valence-corrected chi connectivity index (χ4v) is 2.45. The van der Waals surface area contributed by atoms with Gasteiger partial charge in [0.15, 0.2) is 0 Å². The molecule has 0 radical (unpaired) electrons. The summed E-state index contributed by atoms with van der Waals surface area (Å²) in [6.45, 7) is 14.5. The minimum absolute atomic E-state index is 0.0344. The Bertz CT molecular complexity index is 493. The first kappa shape index (κ1) is 20.0. The molecule has 0 saturated carbocycles. The number of carbonyl (C=O) groups excluding carboxylic acids is 3. The maximum atomic E-state index is 12.2. The van der Waals surface area contributed by atoms with Crippen LogP contribution < -0.4 is 0 Å². The lowest BCUT2D eigenvalue weighted by Crippen LogP contribution is -2.63. The van der Waals surface area contributed by atoms with E-state index in [-0.39, 0.29) is 30.5 Å². The largest absolute Gasteiger partial charge is 0.444 e. The Morgan fingerprint density at radius 3 is 2.21 bits per heavy atom. The molecule has 0 atom stereocenters. The van der Waals surface area contributed by atoms with Gasteiger partial charge in [-0.05, 0) is 40.7 Å². The minimum atomic E-state index is -0.545. The van der Waals surface area contributed by atoms with E-state index in [9.17, 15) is 14.4 Å². The highest BCUT2D eigenvalue weighted by Gasteiger charge is 2.38. The van der Waals surface area contributed by atoms with Gasteiger partial charge in [0.2, 0.25) is 11.8 Å².